The van der Waals surface area contributed by atoms with Gasteiger partial charge in [0.15, 0.2) is 6.61 Å². The van der Waals surface area contributed by atoms with Crippen LogP contribution in [0.4, 0.5) is 5.69 Å². The quantitative estimate of drug-likeness (QED) is 0.832. The van der Waals surface area contributed by atoms with Crippen LogP contribution >= 0.6 is 0 Å². The van der Waals surface area contributed by atoms with Gasteiger partial charge in [-0.3, -0.25) is 4.79 Å². The Morgan fingerprint density at radius 2 is 2.11 bits per heavy atom. The molecule has 4 nitrogen and oxygen atoms in total. The van der Waals surface area contributed by atoms with Gasteiger partial charge in [0.1, 0.15) is 5.75 Å². The van der Waals surface area contributed by atoms with E-state index in [1.165, 1.54) is 18.4 Å². The van der Waals surface area contributed by atoms with Gasteiger partial charge in [-0.2, -0.15) is 0 Å². The van der Waals surface area contributed by atoms with Crippen LogP contribution in [0.2, 0.25) is 0 Å². The van der Waals surface area contributed by atoms with E-state index in [9.17, 15) is 4.79 Å². The lowest BCUT2D eigenvalue weighted by atomic mass is 9.91. The molecule has 0 aromatic heterocycles. The SMILES string of the molecule is O=C1COc2cc(CC3CCNCC3)ccc2N1. The van der Waals surface area contributed by atoms with Crippen LogP contribution in [0, 0.1) is 5.92 Å². The molecule has 1 amide bonds. The van der Waals surface area contributed by atoms with Crippen LogP contribution in [0.1, 0.15) is 18.4 Å². The van der Waals surface area contributed by atoms with Crippen molar-refractivity contribution in [3.63, 3.8) is 0 Å². The van der Waals surface area contributed by atoms with Crippen LogP contribution in [-0.4, -0.2) is 25.6 Å². The second-order valence-corrected chi connectivity index (χ2v) is 5.06. The number of carbonyl (C=O) groups excluding carboxylic acids is 1. The minimum absolute atomic E-state index is 0.0754. The summed E-state index contributed by atoms with van der Waals surface area (Å²) in [7, 11) is 0. The van der Waals surface area contributed by atoms with E-state index in [2.05, 4.69) is 22.8 Å². The fourth-order valence-corrected chi connectivity index (χ4v) is 2.67. The number of hydrogen-bond acceptors (Lipinski definition) is 3. The lowest BCUT2D eigenvalue weighted by Gasteiger charge is -2.23. The maximum atomic E-state index is 11.2. The molecule has 0 bridgehead atoms. The summed E-state index contributed by atoms with van der Waals surface area (Å²) in [6, 6.07) is 6.11. The Morgan fingerprint density at radius 1 is 1.28 bits per heavy atom. The lowest BCUT2D eigenvalue weighted by molar-refractivity contribution is -0.118. The first-order valence-electron chi connectivity index (χ1n) is 6.57. The fraction of sp³-hybridized carbons (Fsp3) is 0.500. The van der Waals surface area contributed by atoms with Crippen LogP contribution in [0.5, 0.6) is 5.75 Å². The molecule has 2 aliphatic rings. The predicted octanol–water partition coefficient (Wildman–Crippen LogP) is 1.56. The van der Waals surface area contributed by atoms with E-state index < -0.39 is 0 Å². The molecule has 0 saturated carbocycles. The molecule has 1 aromatic carbocycles. The van der Waals surface area contributed by atoms with Crippen LogP contribution in [-0.2, 0) is 11.2 Å². The number of fused-ring (bicyclic) bond motifs is 1. The topological polar surface area (TPSA) is 50.4 Å². The molecule has 0 aliphatic carbocycles. The van der Waals surface area contributed by atoms with Gasteiger partial charge in [0.25, 0.3) is 5.91 Å². The minimum Gasteiger partial charge on any atom is -0.482 e. The number of rotatable bonds is 2. The molecule has 96 valence electrons. The Kier molecular flexibility index (Phi) is 3.19. The summed E-state index contributed by atoms with van der Waals surface area (Å²) in [5.74, 6) is 1.50. The molecule has 1 fully saturated rings. The summed E-state index contributed by atoms with van der Waals surface area (Å²) < 4.78 is 5.44. The highest BCUT2D eigenvalue weighted by molar-refractivity contribution is 5.95. The van der Waals surface area contributed by atoms with Gasteiger partial charge >= 0.3 is 0 Å². The summed E-state index contributed by atoms with van der Waals surface area (Å²) in [4.78, 5) is 11.2. The summed E-state index contributed by atoms with van der Waals surface area (Å²) in [6.07, 6.45) is 3.59. The van der Waals surface area contributed by atoms with E-state index in [0.717, 1.165) is 36.9 Å². The second kappa shape index (κ2) is 4.98. The molecule has 0 atom stereocenters. The first-order chi connectivity index (χ1) is 8.81. The van der Waals surface area contributed by atoms with Crippen molar-refractivity contribution in [2.45, 2.75) is 19.3 Å². The average Bonchev–Trinajstić information content (AvgIpc) is 2.40. The van der Waals surface area contributed by atoms with Crippen LogP contribution in [0.3, 0.4) is 0 Å². The van der Waals surface area contributed by atoms with Crippen molar-refractivity contribution in [2.24, 2.45) is 5.92 Å². The van der Waals surface area contributed by atoms with Gasteiger partial charge in [0.2, 0.25) is 0 Å². The standard InChI is InChI=1S/C14H18N2O2/c17-14-9-18-13-8-11(1-2-12(13)16-14)7-10-3-5-15-6-4-10/h1-2,8,10,15H,3-7,9H2,(H,16,17). The normalized spacial score (nSPS) is 19.9. The Bertz CT molecular complexity index is 453. The first kappa shape index (κ1) is 11.5. The number of nitrogens with one attached hydrogen (secondary N) is 2. The largest absolute Gasteiger partial charge is 0.482 e. The van der Waals surface area contributed by atoms with Gasteiger partial charge in [0, 0.05) is 0 Å². The van der Waals surface area contributed by atoms with Crippen molar-refractivity contribution in [1.82, 2.24) is 5.32 Å². The van der Waals surface area contributed by atoms with Crippen molar-refractivity contribution in [3.8, 4) is 5.75 Å². The van der Waals surface area contributed by atoms with Gasteiger partial charge in [0.05, 0.1) is 5.69 Å². The summed E-state index contributed by atoms with van der Waals surface area (Å²) in [6.45, 7) is 2.38. The molecule has 18 heavy (non-hydrogen) atoms. The number of carbonyl (C=O) groups is 1. The highest BCUT2D eigenvalue weighted by Crippen LogP contribution is 2.30. The Balaban J connectivity index is 1.71. The van der Waals surface area contributed by atoms with Crippen molar-refractivity contribution < 1.29 is 9.53 Å². The average molecular weight is 246 g/mol. The van der Waals surface area contributed by atoms with Crippen LogP contribution < -0.4 is 15.4 Å². The highest BCUT2D eigenvalue weighted by Gasteiger charge is 2.18. The molecule has 2 heterocycles. The zero-order chi connectivity index (χ0) is 12.4. The van der Waals surface area contributed by atoms with E-state index in [0.29, 0.717) is 0 Å². The van der Waals surface area contributed by atoms with Crippen LogP contribution in [0.25, 0.3) is 0 Å². The fourth-order valence-electron chi connectivity index (χ4n) is 2.67. The third kappa shape index (κ3) is 2.48. The summed E-state index contributed by atoms with van der Waals surface area (Å²) >= 11 is 0. The molecular weight excluding hydrogens is 228 g/mol. The Labute approximate surface area is 107 Å². The number of hydrogen-bond donors (Lipinski definition) is 2. The van der Waals surface area contributed by atoms with Crippen molar-refractivity contribution >= 4 is 11.6 Å². The van der Waals surface area contributed by atoms with E-state index in [4.69, 9.17) is 4.74 Å². The third-order valence-electron chi connectivity index (χ3n) is 3.66. The predicted molar refractivity (Wildman–Crippen MR) is 69.9 cm³/mol. The molecule has 0 unspecified atom stereocenters. The van der Waals surface area contributed by atoms with Crippen molar-refractivity contribution in [3.05, 3.63) is 23.8 Å². The van der Waals surface area contributed by atoms with Gasteiger partial charge in [-0.15, -0.1) is 0 Å². The zero-order valence-electron chi connectivity index (χ0n) is 10.4. The maximum Gasteiger partial charge on any atom is 0.262 e. The number of piperidine rings is 1. The minimum atomic E-state index is -0.0754. The zero-order valence-corrected chi connectivity index (χ0v) is 10.4. The highest BCUT2D eigenvalue weighted by atomic mass is 16.5. The first-order valence-corrected chi connectivity index (χ1v) is 6.57. The lowest BCUT2D eigenvalue weighted by Crippen LogP contribution is -2.28. The van der Waals surface area contributed by atoms with Crippen molar-refractivity contribution in [1.29, 1.82) is 0 Å². The molecule has 0 radical (unpaired) electrons. The van der Waals surface area contributed by atoms with Crippen LogP contribution in [0.15, 0.2) is 18.2 Å². The smallest absolute Gasteiger partial charge is 0.262 e. The van der Waals surface area contributed by atoms with Crippen molar-refractivity contribution in [2.75, 3.05) is 25.0 Å². The monoisotopic (exact) mass is 246 g/mol. The van der Waals surface area contributed by atoms with E-state index >= 15 is 0 Å². The second-order valence-electron chi connectivity index (χ2n) is 5.06. The van der Waals surface area contributed by atoms with E-state index in [1.54, 1.807) is 0 Å². The molecule has 1 aromatic rings. The van der Waals surface area contributed by atoms with E-state index in [1.807, 2.05) is 6.07 Å². The number of anilines is 1. The third-order valence-corrected chi connectivity index (χ3v) is 3.66. The van der Waals surface area contributed by atoms with Gasteiger partial charge in [-0.05, 0) is 56.0 Å². The molecule has 2 N–H and O–H groups in total. The van der Waals surface area contributed by atoms with E-state index in [-0.39, 0.29) is 12.5 Å². The van der Waals surface area contributed by atoms with Gasteiger partial charge in [-0.1, -0.05) is 6.07 Å². The molecule has 1 saturated heterocycles. The summed E-state index contributed by atoms with van der Waals surface area (Å²) in [5.41, 5.74) is 2.09. The molecule has 2 aliphatic heterocycles. The number of amides is 1. The molecular formula is C14H18N2O2. The Morgan fingerprint density at radius 3 is 2.94 bits per heavy atom. The summed E-state index contributed by atoms with van der Waals surface area (Å²) in [5, 5.41) is 6.20. The molecule has 0 spiro atoms. The molecule has 3 rings (SSSR count). The van der Waals surface area contributed by atoms with Gasteiger partial charge < -0.3 is 15.4 Å². The maximum absolute atomic E-state index is 11.2. The Hall–Kier alpha value is -1.55. The molecule has 4 heteroatoms. The number of benzene rings is 1. The van der Waals surface area contributed by atoms with Gasteiger partial charge in [-0.25, -0.2) is 0 Å². The number of ether oxygens (including phenoxy) is 1.